The van der Waals surface area contributed by atoms with E-state index in [0.29, 0.717) is 48.8 Å². The number of nitriles is 1. The lowest BCUT2D eigenvalue weighted by Crippen LogP contribution is -2.37. The summed E-state index contributed by atoms with van der Waals surface area (Å²) in [7, 11) is 0. The Morgan fingerprint density at radius 3 is 2.57 bits per heavy atom. The second-order valence-electron chi connectivity index (χ2n) is 5.19. The molecular weight excluding hydrogens is 314 g/mol. The Bertz CT molecular complexity index is 735. The highest BCUT2D eigenvalue weighted by Gasteiger charge is 2.18. The van der Waals surface area contributed by atoms with E-state index in [1.165, 1.54) is 0 Å². The summed E-state index contributed by atoms with van der Waals surface area (Å²) in [6.07, 6.45) is 0. The van der Waals surface area contributed by atoms with Crippen molar-refractivity contribution in [1.82, 2.24) is 9.97 Å². The fourth-order valence-corrected chi connectivity index (χ4v) is 2.44. The molecule has 1 fully saturated rings. The highest BCUT2D eigenvalue weighted by molar-refractivity contribution is 6.30. The van der Waals surface area contributed by atoms with Gasteiger partial charge in [0, 0.05) is 29.4 Å². The molecule has 6 nitrogen and oxygen atoms in total. The van der Waals surface area contributed by atoms with Gasteiger partial charge in [0.2, 0.25) is 5.95 Å². The number of hydrogen-bond acceptors (Lipinski definition) is 6. The topological polar surface area (TPSA) is 74.1 Å². The van der Waals surface area contributed by atoms with Gasteiger partial charge in [-0.3, -0.25) is 0 Å². The van der Waals surface area contributed by atoms with Gasteiger partial charge in [0.05, 0.1) is 13.2 Å². The zero-order chi connectivity index (χ0) is 16.2. The summed E-state index contributed by atoms with van der Waals surface area (Å²) < 4.78 is 5.35. The Labute approximate surface area is 139 Å². The molecule has 1 N–H and O–H groups in total. The summed E-state index contributed by atoms with van der Waals surface area (Å²) in [6.45, 7) is 4.54. The number of hydrogen-bond donors (Lipinski definition) is 1. The minimum atomic E-state index is 0.373. The lowest BCUT2D eigenvalue weighted by Gasteiger charge is -2.27. The van der Waals surface area contributed by atoms with Crippen LogP contribution in [0.4, 0.5) is 17.5 Å². The van der Waals surface area contributed by atoms with Crippen LogP contribution in [0.1, 0.15) is 11.3 Å². The maximum absolute atomic E-state index is 9.34. The van der Waals surface area contributed by atoms with Crippen LogP contribution >= 0.6 is 11.6 Å². The Morgan fingerprint density at radius 2 is 1.91 bits per heavy atom. The quantitative estimate of drug-likeness (QED) is 0.933. The molecule has 2 heterocycles. The average Bonchev–Trinajstić information content (AvgIpc) is 2.59. The van der Waals surface area contributed by atoms with Crippen molar-refractivity contribution in [3.8, 4) is 6.07 Å². The molecule has 0 unspecified atom stereocenters. The number of ether oxygens (including phenoxy) is 1. The van der Waals surface area contributed by atoms with E-state index in [1.54, 1.807) is 12.1 Å². The van der Waals surface area contributed by atoms with Crippen molar-refractivity contribution >= 4 is 29.1 Å². The standard InChI is InChI=1S/C16H16ClN5O/c1-11-14(10-18)20-16(22-6-8-23-9-7-22)21-15(11)19-13-4-2-12(17)3-5-13/h2-5H,6-9H2,1H3,(H,19,20,21). The maximum Gasteiger partial charge on any atom is 0.228 e. The molecule has 0 atom stereocenters. The van der Waals surface area contributed by atoms with Crippen LogP contribution in [0, 0.1) is 18.3 Å². The molecule has 1 aromatic carbocycles. The first-order valence-electron chi connectivity index (χ1n) is 7.31. The van der Waals surface area contributed by atoms with Gasteiger partial charge in [-0.15, -0.1) is 0 Å². The van der Waals surface area contributed by atoms with Gasteiger partial charge in [-0.05, 0) is 31.2 Å². The van der Waals surface area contributed by atoms with Crippen LogP contribution in [0.2, 0.25) is 5.02 Å². The number of benzene rings is 1. The Hall–Kier alpha value is -2.36. The Kier molecular flexibility index (Phi) is 4.60. The molecule has 2 aromatic rings. The van der Waals surface area contributed by atoms with Crippen LogP contribution < -0.4 is 10.2 Å². The van der Waals surface area contributed by atoms with Crippen molar-refractivity contribution in [2.24, 2.45) is 0 Å². The van der Waals surface area contributed by atoms with Gasteiger partial charge in [-0.2, -0.15) is 10.2 Å². The van der Waals surface area contributed by atoms with Crippen molar-refractivity contribution < 1.29 is 4.74 Å². The molecule has 3 rings (SSSR count). The number of nitrogens with one attached hydrogen (secondary N) is 1. The first-order valence-corrected chi connectivity index (χ1v) is 7.69. The Morgan fingerprint density at radius 1 is 1.22 bits per heavy atom. The Balaban J connectivity index is 1.94. The summed E-state index contributed by atoms with van der Waals surface area (Å²) in [4.78, 5) is 11.0. The molecule has 1 aliphatic heterocycles. The third-order valence-electron chi connectivity index (χ3n) is 3.64. The van der Waals surface area contributed by atoms with Crippen molar-refractivity contribution in [2.45, 2.75) is 6.92 Å². The number of anilines is 3. The smallest absolute Gasteiger partial charge is 0.228 e. The lowest BCUT2D eigenvalue weighted by molar-refractivity contribution is 0.122. The molecule has 0 spiro atoms. The van der Waals surface area contributed by atoms with E-state index in [1.807, 2.05) is 24.0 Å². The van der Waals surface area contributed by atoms with Gasteiger partial charge in [0.1, 0.15) is 11.9 Å². The van der Waals surface area contributed by atoms with Crippen LogP contribution in [-0.4, -0.2) is 36.3 Å². The van der Waals surface area contributed by atoms with E-state index in [2.05, 4.69) is 21.4 Å². The van der Waals surface area contributed by atoms with Crippen molar-refractivity contribution in [3.63, 3.8) is 0 Å². The predicted octanol–water partition coefficient (Wildman–Crippen LogP) is 2.89. The van der Waals surface area contributed by atoms with Crippen LogP contribution in [0.3, 0.4) is 0 Å². The van der Waals surface area contributed by atoms with Crippen LogP contribution in [0.5, 0.6) is 0 Å². The first-order chi connectivity index (χ1) is 11.2. The monoisotopic (exact) mass is 329 g/mol. The van der Waals surface area contributed by atoms with Crippen molar-refractivity contribution in [1.29, 1.82) is 5.26 Å². The van der Waals surface area contributed by atoms with Gasteiger partial charge in [0.15, 0.2) is 5.69 Å². The molecule has 0 aliphatic carbocycles. The molecule has 1 aliphatic rings. The molecule has 23 heavy (non-hydrogen) atoms. The van der Waals surface area contributed by atoms with Crippen LogP contribution in [0.15, 0.2) is 24.3 Å². The van der Waals surface area contributed by atoms with Gasteiger partial charge in [-0.1, -0.05) is 11.6 Å². The molecule has 0 bridgehead atoms. The van der Waals surface area contributed by atoms with E-state index in [4.69, 9.17) is 16.3 Å². The summed E-state index contributed by atoms with van der Waals surface area (Å²) >= 11 is 5.91. The summed E-state index contributed by atoms with van der Waals surface area (Å²) in [5, 5.41) is 13.2. The van der Waals surface area contributed by atoms with Crippen molar-refractivity contribution in [3.05, 3.63) is 40.5 Å². The largest absolute Gasteiger partial charge is 0.378 e. The summed E-state index contributed by atoms with van der Waals surface area (Å²) in [5.74, 6) is 1.17. The number of aromatic nitrogens is 2. The van der Waals surface area contributed by atoms with E-state index >= 15 is 0 Å². The highest BCUT2D eigenvalue weighted by atomic mass is 35.5. The van der Waals surface area contributed by atoms with Crippen LogP contribution in [-0.2, 0) is 4.74 Å². The number of halogens is 1. The van der Waals surface area contributed by atoms with E-state index in [9.17, 15) is 5.26 Å². The zero-order valence-electron chi connectivity index (χ0n) is 12.7. The second-order valence-corrected chi connectivity index (χ2v) is 5.63. The van der Waals surface area contributed by atoms with Gasteiger partial charge in [0.25, 0.3) is 0 Å². The molecule has 118 valence electrons. The SMILES string of the molecule is Cc1c(C#N)nc(N2CCOCC2)nc1Nc1ccc(Cl)cc1. The third kappa shape index (κ3) is 3.52. The molecule has 1 aromatic heterocycles. The number of rotatable bonds is 3. The van der Waals surface area contributed by atoms with Crippen LogP contribution in [0.25, 0.3) is 0 Å². The average molecular weight is 330 g/mol. The number of morpholine rings is 1. The third-order valence-corrected chi connectivity index (χ3v) is 3.89. The molecule has 0 saturated carbocycles. The van der Waals surface area contributed by atoms with Gasteiger partial charge < -0.3 is 15.0 Å². The molecule has 0 radical (unpaired) electrons. The minimum absolute atomic E-state index is 0.373. The lowest BCUT2D eigenvalue weighted by atomic mass is 10.2. The highest BCUT2D eigenvalue weighted by Crippen LogP contribution is 2.24. The van der Waals surface area contributed by atoms with E-state index in [0.717, 1.165) is 11.3 Å². The molecular formula is C16H16ClN5O. The van der Waals surface area contributed by atoms with Crippen molar-refractivity contribution in [2.75, 3.05) is 36.5 Å². The summed E-state index contributed by atoms with van der Waals surface area (Å²) in [5.41, 5.74) is 1.95. The summed E-state index contributed by atoms with van der Waals surface area (Å²) in [6, 6.07) is 9.47. The second kappa shape index (κ2) is 6.82. The number of nitrogens with zero attached hydrogens (tertiary/aromatic N) is 4. The minimum Gasteiger partial charge on any atom is -0.378 e. The fourth-order valence-electron chi connectivity index (χ4n) is 2.31. The molecule has 1 saturated heterocycles. The molecule has 7 heteroatoms. The first kappa shape index (κ1) is 15.5. The van der Waals surface area contributed by atoms with Gasteiger partial charge in [-0.25, -0.2) is 4.98 Å². The predicted molar refractivity (Wildman–Crippen MR) is 89.3 cm³/mol. The zero-order valence-corrected chi connectivity index (χ0v) is 13.5. The maximum atomic E-state index is 9.34. The fraction of sp³-hybridized carbons (Fsp3) is 0.312. The molecule has 0 amide bonds. The van der Waals surface area contributed by atoms with E-state index < -0.39 is 0 Å². The van der Waals surface area contributed by atoms with E-state index in [-0.39, 0.29) is 0 Å². The van der Waals surface area contributed by atoms with Gasteiger partial charge >= 0.3 is 0 Å². The normalized spacial score (nSPS) is 14.4.